The van der Waals surface area contributed by atoms with Crippen molar-refractivity contribution < 1.29 is 9.53 Å². The Bertz CT molecular complexity index is 429. The second kappa shape index (κ2) is 6.71. The molecular formula is C16H23NO2. The topological polar surface area (TPSA) is 38.3 Å². The van der Waals surface area contributed by atoms with Crippen LogP contribution in [0.5, 0.6) is 0 Å². The first kappa shape index (κ1) is 14.1. The summed E-state index contributed by atoms with van der Waals surface area (Å²) in [6.07, 6.45) is 2.79. The fourth-order valence-corrected chi connectivity index (χ4v) is 2.39. The molecule has 1 aromatic carbocycles. The van der Waals surface area contributed by atoms with E-state index in [1.54, 1.807) is 0 Å². The maximum atomic E-state index is 12.0. The van der Waals surface area contributed by atoms with Gasteiger partial charge in [0.15, 0.2) is 0 Å². The summed E-state index contributed by atoms with van der Waals surface area (Å²) in [5, 5.41) is 3.25. The zero-order chi connectivity index (χ0) is 13.7. The Morgan fingerprint density at radius 1 is 1.37 bits per heavy atom. The summed E-state index contributed by atoms with van der Waals surface area (Å²) in [7, 11) is 0. The summed E-state index contributed by atoms with van der Waals surface area (Å²) in [6, 6.07) is 8.07. The van der Waals surface area contributed by atoms with Crippen LogP contribution in [0.15, 0.2) is 24.3 Å². The lowest BCUT2D eigenvalue weighted by molar-refractivity contribution is -0.146. The third-order valence-electron chi connectivity index (χ3n) is 3.54. The number of hydrogen-bond donors (Lipinski definition) is 1. The van der Waals surface area contributed by atoms with Crippen LogP contribution in [0.1, 0.15) is 37.8 Å². The molecule has 2 rings (SSSR count). The molecule has 1 aliphatic heterocycles. The van der Waals surface area contributed by atoms with Crippen molar-refractivity contribution in [3.05, 3.63) is 35.4 Å². The highest BCUT2D eigenvalue weighted by atomic mass is 16.5. The quantitative estimate of drug-likeness (QED) is 0.654. The lowest BCUT2D eigenvalue weighted by atomic mass is 9.96. The molecule has 0 radical (unpaired) electrons. The second-order valence-corrected chi connectivity index (χ2v) is 5.61. The number of hydrogen-bond acceptors (Lipinski definition) is 3. The van der Waals surface area contributed by atoms with Gasteiger partial charge in [-0.25, -0.2) is 0 Å². The van der Waals surface area contributed by atoms with Gasteiger partial charge in [-0.3, -0.25) is 4.79 Å². The number of rotatable bonds is 5. The van der Waals surface area contributed by atoms with E-state index in [-0.39, 0.29) is 12.0 Å². The molecule has 0 aromatic heterocycles. The minimum Gasteiger partial charge on any atom is -0.465 e. The number of benzene rings is 1. The Morgan fingerprint density at radius 2 is 2.11 bits per heavy atom. The van der Waals surface area contributed by atoms with Gasteiger partial charge >= 0.3 is 5.97 Å². The lowest BCUT2D eigenvalue weighted by Gasteiger charge is -2.24. The number of carbonyl (C=O) groups excluding carboxylic acids is 1. The van der Waals surface area contributed by atoms with E-state index < -0.39 is 0 Å². The van der Waals surface area contributed by atoms with Gasteiger partial charge in [0.25, 0.3) is 0 Å². The van der Waals surface area contributed by atoms with E-state index in [2.05, 4.69) is 31.3 Å². The normalized spacial score (nSPS) is 18.2. The lowest BCUT2D eigenvalue weighted by Crippen LogP contribution is -2.42. The highest BCUT2D eigenvalue weighted by Crippen LogP contribution is 2.17. The molecule has 0 spiro atoms. The highest BCUT2D eigenvalue weighted by molar-refractivity contribution is 5.76. The van der Waals surface area contributed by atoms with Crippen LogP contribution in [0.25, 0.3) is 0 Å². The summed E-state index contributed by atoms with van der Waals surface area (Å²) < 4.78 is 5.35. The van der Waals surface area contributed by atoms with Crippen molar-refractivity contribution in [1.82, 2.24) is 5.32 Å². The van der Waals surface area contributed by atoms with E-state index in [4.69, 9.17) is 4.74 Å². The predicted molar refractivity (Wildman–Crippen MR) is 75.8 cm³/mol. The molecule has 1 aromatic rings. The zero-order valence-corrected chi connectivity index (χ0v) is 11.8. The molecule has 19 heavy (non-hydrogen) atoms. The first-order valence-corrected chi connectivity index (χ1v) is 7.13. The fourth-order valence-electron chi connectivity index (χ4n) is 2.39. The average molecular weight is 261 g/mol. The van der Waals surface area contributed by atoms with Crippen molar-refractivity contribution in [2.75, 3.05) is 6.61 Å². The molecular weight excluding hydrogens is 238 g/mol. The van der Waals surface area contributed by atoms with Gasteiger partial charge < -0.3 is 10.1 Å². The van der Waals surface area contributed by atoms with Crippen molar-refractivity contribution in [3.8, 4) is 0 Å². The van der Waals surface area contributed by atoms with Gasteiger partial charge in [0.05, 0.1) is 6.61 Å². The maximum absolute atomic E-state index is 12.0. The largest absolute Gasteiger partial charge is 0.465 e. The van der Waals surface area contributed by atoms with Crippen LogP contribution in [0.2, 0.25) is 0 Å². The summed E-state index contributed by atoms with van der Waals surface area (Å²) in [4.78, 5) is 12.0. The van der Waals surface area contributed by atoms with Gasteiger partial charge in [0.1, 0.15) is 6.04 Å². The Balaban J connectivity index is 1.79. The van der Waals surface area contributed by atoms with Crippen LogP contribution in [-0.4, -0.2) is 18.6 Å². The van der Waals surface area contributed by atoms with Crippen molar-refractivity contribution >= 4 is 5.97 Å². The zero-order valence-electron chi connectivity index (χ0n) is 11.8. The van der Waals surface area contributed by atoms with Gasteiger partial charge in [-0.15, -0.1) is 0 Å². The molecule has 0 fully saturated rings. The monoisotopic (exact) mass is 261 g/mol. The smallest absolute Gasteiger partial charge is 0.323 e. The van der Waals surface area contributed by atoms with Crippen molar-refractivity contribution in [2.24, 2.45) is 5.92 Å². The Hall–Kier alpha value is -1.35. The fraction of sp³-hybridized carbons (Fsp3) is 0.562. The van der Waals surface area contributed by atoms with Crippen LogP contribution in [0.4, 0.5) is 0 Å². The van der Waals surface area contributed by atoms with Crippen LogP contribution in [0.3, 0.4) is 0 Å². The summed E-state index contributed by atoms with van der Waals surface area (Å²) in [5.41, 5.74) is 2.54. The van der Waals surface area contributed by atoms with Crippen LogP contribution >= 0.6 is 0 Å². The van der Waals surface area contributed by atoms with Crippen LogP contribution < -0.4 is 5.32 Å². The molecule has 0 aliphatic carbocycles. The van der Waals surface area contributed by atoms with E-state index >= 15 is 0 Å². The van der Waals surface area contributed by atoms with Gasteiger partial charge in [0.2, 0.25) is 0 Å². The van der Waals surface area contributed by atoms with Crippen LogP contribution in [-0.2, 0) is 22.5 Å². The van der Waals surface area contributed by atoms with E-state index in [0.717, 1.165) is 25.8 Å². The molecule has 104 valence electrons. The molecule has 3 nitrogen and oxygen atoms in total. The predicted octanol–water partition coefficient (Wildman–Crippen LogP) is 2.68. The second-order valence-electron chi connectivity index (χ2n) is 5.61. The van der Waals surface area contributed by atoms with Gasteiger partial charge in [-0.05, 0) is 36.3 Å². The van der Waals surface area contributed by atoms with Gasteiger partial charge in [0, 0.05) is 6.54 Å². The molecule has 1 aliphatic rings. The Kier molecular flexibility index (Phi) is 4.97. The van der Waals surface area contributed by atoms with Crippen molar-refractivity contribution in [2.45, 2.75) is 45.7 Å². The number of fused-ring (bicyclic) bond motifs is 1. The standard InChI is InChI=1S/C16H23NO2/c1-12(2)6-5-9-19-16(18)15-10-13-7-3-4-8-14(13)11-17-15/h3-4,7-8,12,15,17H,5-6,9-11H2,1-2H3. The minimum atomic E-state index is -0.186. The SMILES string of the molecule is CC(C)CCCOC(=O)C1Cc2ccccc2CN1. The molecule has 1 N–H and O–H groups in total. The van der Waals surface area contributed by atoms with Gasteiger partial charge in [-0.1, -0.05) is 38.1 Å². The first-order valence-electron chi connectivity index (χ1n) is 7.13. The molecule has 1 atom stereocenters. The van der Waals surface area contributed by atoms with Gasteiger partial charge in [-0.2, -0.15) is 0 Å². The summed E-state index contributed by atoms with van der Waals surface area (Å²) in [5.74, 6) is 0.552. The first-order chi connectivity index (χ1) is 9.16. The maximum Gasteiger partial charge on any atom is 0.323 e. The minimum absolute atomic E-state index is 0.113. The van der Waals surface area contributed by atoms with E-state index in [9.17, 15) is 4.79 Å². The molecule has 1 unspecified atom stereocenters. The van der Waals surface area contributed by atoms with E-state index in [1.807, 2.05) is 12.1 Å². The number of nitrogens with one attached hydrogen (secondary N) is 1. The molecule has 3 heteroatoms. The molecule has 0 saturated carbocycles. The summed E-state index contributed by atoms with van der Waals surface area (Å²) in [6.45, 7) is 5.65. The molecule has 0 saturated heterocycles. The molecule has 0 amide bonds. The molecule has 1 heterocycles. The molecule has 0 bridgehead atoms. The van der Waals surface area contributed by atoms with Crippen LogP contribution in [0, 0.1) is 5.92 Å². The average Bonchev–Trinajstić information content (AvgIpc) is 2.42. The number of esters is 1. The Labute approximate surface area is 115 Å². The third-order valence-corrected chi connectivity index (χ3v) is 3.54. The summed E-state index contributed by atoms with van der Waals surface area (Å²) >= 11 is 0. The van der Waals surface area contributed by atoms with E-state index in [1.165, 1.54) is 11.1 Å². The van der Waals surface area contributed by atoms with E-state index in [0.29, 0.717) is 12.5 Å². The van der Waals surface area contributed by atoms with Crippen molar-refractivity contribution in [1.29, 1.82) is 0 Å². The number of ether oxygens (including phenoxy) is 1. The highest BCUT2D eigenvalue weighted by Gasteiger charge is 2.24. The number of carbonyl (C=O) groups is 1. The third kappa shape index (κ3) is 4.06. The van der Waals surface area contributed by atoms with Crippen molar-refractivity contribution in [3.63, 3.8) is 0 Å². The Morgan fingerprint density at radius 3 is 2.84 bits per heavy atom.